The second-order valence-electron chi connectivity index (χ2n) is 2.87. The first-order chi connectivity index (χ1) is 4.41. The van der Waals surface area contributed by atoms with Crippen LogP contribution in [0.4, 0.5) is 0 Å². The van der Waals surface area contributed by atoms with Gasteiger partial charge in [0, 0.05) is 17.5 Å². The Labute approximate surface area is 60.5 Å². The van der Waals surface area contributed by atoms with E-state index in [0.29, 0.717) is 6.54 Å². The lowest BCUT2D eigenvalue weighted by molar-refractivity contribution is -0.133. The van der Waals surface area contributed by atoms with Crippen LogP contribution in [0.5, 0.6) is 0 Å². The van der Waals surface area contributed by atoms with E-state index in [1.54, 1.807) is 13.8 Å². The van der Waals surface area contributed by atoms with Crippen molar-refractivity contribution < 1.29 is 9.90 Å². The van der Waals surface area contributed by atoms with Crippen LogP contribution in [0, 0.1) is 5.41 Å². The van der Waals surface area contributed by atoms with Crippen LogP contribution in [0.25, 0.3) is 0 Å². The third-order valence-electron chi connectivity index (χ3n) is 1.59. The summed E-state index contributed by atoms with van der Waals surface area (Å²) in [4.78, 5) is 10.3. The summed E-state index contributed by atoms with van der Waals surface area (Å²) >= 11 is 0. The average Bonchev–Trinajstić information content (AvgIpc) is 1.86. The summed E-state index contributed by atoms with van der Waals surface area (Å²) in [6.45, 7) is 7.23. The van der Waals surface area contributed by atoms with Crippen LogP contribution in [0.3, 0.4) is 0 Å². The molecule has 0 atom stereocenters. The highest BCUT2D eigenvalue weighted by molar-refractivity contribution is 5.87. The maximum absolute atomic E-state index is 10.3. The zero-order valence-electron chi connectivity index (χ0n) is 6.35. The normalized spacial score (nSPS) is 11.1. The molecule has 0 rings (SSSR count). The van der Waals surface area contributed by atoms with Crippen molar-refractivity contribution in [3.05, 3.63) is 12.2 Å². The van der Waals surface area contributed by atoms with Gasteiger partial charge in [-0.15, -0.1) is 0 Å². The van der Waals surface area contributed by atoms with Gasteiger partial charge in [0.2, 0.25) is 0 Å². The molecule has 0 bridgehead atoms. The van der Waals surface area contributed by atoms with Crippen LogP contribution in [-0.2, 0) is 4.79 Å². The largest absolute Gasteiger partial charge is 0.478 e. The van der Waals surface area contributed by atoms with E-state index in [-0.39, 0.29) is 5.57 Å². The molecule has 58 valence electrons. The van der Waals surface area contributed by atoms with E-state index < -0.39 is 11.4 Å². The van der Waals surface area contributed by atoms with Crippen LogP contribution < -0.4 is 5.73 Å². The van der Waals surface area contributed by atoms with Crippen molar-refractivity contribution in [1.29, 1.82) is 0 Å². The van der Waals surface area contributed by atoms with Crippen molar-refractivity contribution in [1.82, 2.24) is 0 Å². The number of carboxylic acids is 1. The van der Waals surface area contributed by atoms with Crippen LogP contribution in [0.15, 0.2) is 12.2 Å². The maximum atomic E-state index is 10.3. The molecule has 0 aliphatic rings. The molecule has 10 heavy (non-hydrogen) atoms. The van der Waals surface area contributed by atoms with Crippen LogP contribution >= 0.6 is 0 Å². The first-order valence-electron chi connectivity index (χ1n) is 3.04. The minimum absolute atomic E-state index is 0.162. The number of carbonyl (C=O) groups is 1. The van der Waals surface area contributed by atoms with Gasteiger partial charge in [-0.2, -0.15) is 0 Å². The Balaban J connectivity index is 4.33. The fraction of sp³-hybridized carbons (Fsp3) is 0.571. The number of hydrogen-bond donors (Lipinski definition) is 2. The molecule has 0 saturated carbocycles. The van der Waals surface area contributed by atoms with Crippen molar-refractivity contribution in [2.75, 3.05) is 6.54 Å². The molecule has 0 aromatic rings. The highest BCUT2D eigenvalue weighted by Crippen LogP contribution is 2.22. The fourth-order valence-corrected chi connectivity index (χ4v) is 0.413. The zero-order valence-corrected chi connectivity index (χ0v) is 6.35. The zero-order chi connectivity index (χ0) is 8.36. The van der Waals surface area contributed by atoms with E-state index in [1.807, 2.05) is 0 Å². The monoisotopic (exact) mass is 143 g/mol. The first-order valence-corrected chi connectivity index (χ1v) is 3.04. The van der Waals surface area contributed by atoms with Crippen LogP contribution in [0.2, 0.25) is 0 Å². The predicted octanol–water partition coefficient (Wildman–Crippen LogP) is 0.612. The molecular formula is C7H13NO2. The Morgan fingerprint density at radius 3 is 2.20 bits per heavy atom. The number of carboxylic acid groups (broad SMARTS) is 1. The first kappa shape index (κ1) is 9.17. The van der Waals surface area contributed by atoms with E-state index in [0.717, 1.165) is 0 Å². The highest BCUT2D eigenvalue weighted by Gasteiger charge is 2.24. The van der Waals surface area contributed by atoms with Gasteiger partial charge >= 0.3 is 5.97 Å². The van der Waals surface area contributed by atoms with Crippen LogP contribution in [-0.4, -0.2) is 17.6 Å². The van der Waals surface area contributed by atoms with Gasteiger partial charge < -0.3 is 10.8 Å². The summed E-state index contributed by atoms with van der Waals surface area (Å²) in [5.41, 5.74) is 4.99. The van der Waals surface area contributed by atoms with Crippen molar-refractivity contribution in [2.45, 2.75) is 13.8 Å². The van der Waals surface area contributed by atoms with Gasteiger partial charge in [0.25, 0.3) is 0 Å². The third kappa shape index (κ3) is 1.84. The van der Waals surface area contributed by atoms with Gasteiger partial charge in [0.15, 0.2) is 0 Å². The molecule has 3 nitrogen and oxygen atoms in total. The fourth-order valence-electron chi connectivity index (χ4n) is 0.413. The van der Waals surface area contributed by atoms with Crippen molar-refractivity contribution >= 4 is 5.97 Å². The summed E-state index contributed by atoms with van der Waals surface area (Å²) in [6.07, 6.45) is 0. The molecule has 0 heterocycles. The van der Waals surface area contributed by atoms with E-state index >= 15 is 0 Å². The molecule has 0 aromatic carbocycles. The van der Waals surface area contributed by atoms with Gasteiger partial charge in [-0.25, -0.2) is 4.79 Å². The summed E-state index contributed by atoms with van der Waals surface area (Å²) in [6, 6.07) is 0. The molecule has 0 amide bonds. The summed E-state index contributed by atoms with van der Waals surface area (Å²) in [5, 5.41) is 8.49. The predicted molar refractivity (Wildman–Crippen MR) is 39.6 cm³/mol. The summed E-state index contributed by atoms with van der Waals surface area (Å²) in [5.74, 6) is -0.976. The second-order valence-corrected chi connectivity index (χ2v) is 2.87. The SMILES string of the molecule is C=C(C(=O)O)C(C)(C)CN. The molecule has 0 radical (unpaired) electrons. The van der Waals surface area contributed by atoms with E-state index in [9.17, 15) is 4.79 Å². The number of hydrogen-bond acceptors (Lipinski definition) is 2. The quantitative estimate of drug-likeness (QED) is 0.569. The Kier molecular flexibility index (Phi) is 2.60. The van der Waals surface area contributed by atoms with E-state index in [1.165, 1.54) is 0 Å². The lowest BCUT2D eigenvalue weighted by Crippen LogP contribution is -2.28. The molecule has 0 fully saturated rings. The minimum atomic E-state index is -0.976. The van der Waals surface area contributed by atoms with E-state index in [2.05, 4.69) is 6.58 Å². The van der Waals surface area contributed by atoms with Gasteiger partial charge in [0.1, 0.15) is 0 Å². The topological polar surface area (TPSA) is 63.3 Å². The van der Waals surface area contributed by atoms with Gasteiger partial charge in [-0.3, -0.25) is 0 Å². The lowest BCUT2D eigenvalue weighted by Gasteiger charge is -2.21. The maximum Gasteiger partial charge on any atom is 0.331 e. The molecule has 3 N–H and O–H groups in total. The lowest BCUT2D eigenvalue weighted by atomic mass is 9.85. The number of nitrogens with two attached hydrogens (primary N) is 1. The molecular weight excluding hydrogens is 130 g/mol. The second kappa shape index (κ2) is 2.84. The minimum Gasteiger partial charge on any atom is -0.478 e. The Morgan fingerprint density at radius 2 is 2.10 bits per heavy atom. The third-order valence-corrected chi connectivity index (χ3v) is 1.59. The Hall–Kier alpha value is -0.830. The molecule has 0 saturated heterocycles. The molecule has 3 heteroatoms. The summed E-state index contributed by atoms with van der Waals surface area (Å²) < 4.78 is 0. The molecule has 0 aliphatic carbocycles. The number of rotatable bonds is 3. The van der Waals surface area contributed by atoms with Crippen molar-refractivity contribution in [3.8, 4) is 0 Å². The van der Waals surface area contributed by atoms with Gasteiger partial charge in [-0.05, 0) is 0 Å². The molecule has 0 aliphatic heterocycles. The number of aliphatic carboxylic acids is 1. The molecule has 0 unspecified atom stereocenters. The van der Waals surface area contributed by atoms with Crippen molar-refractivity contribution in [3.63, 3.8) is 0 Å². The standard InChI is InChI=1S/C7H13NO2/c1-5(6(9)10)7(2,3)4-8/h1,4,8H2,2-3H3,(H,9,10). The van der Waals surface area contributed by atoms with Gasteiger partial charge in [0.05, 0.1) is 0 Å². The highest BCUT2D eigenvalue weighted by atomic mass is 16.4. The Morgan fingerprint density at radius 1 is 1.70 bits per heavy atom. The molecule has 0 aromatic heterocycles. The van der Waals surface area contributed by atoms with Gasteiger partial charge in [-0.1, -0.05) is 20.4 Å². The van der Waals surface area contributed by atoms with E-state index in [4.69, 9.17) is 10.8 Å². The summed E-state index contributed by atoms with van der Waals surface area (Å²) in [7, 11) is 0. The smallest absolute Gasteiger partial charge is 0.331 e. The molecule has 0 spiro atoms. The van der Waals surface area contributed by atoms with Crippen LogP contribution in [0.1, 0.15) is 13.8 Å². The average molecular weight is 143 g/mol. The Bertz CT molecular complexity index is 161. The van der Waals surface area contributed by atoms with Crippen molar-refractivity contribution in [2.24, 2.45) is 11.1 Å².